The molecule has 1 aliphatic heterocycles. The summed E-state index contributed by atoms with van der Waals surface area (Å²) in [6.45, 7) is 1.55. The summed E-state index contributed by atoms with van der Waals surface area (Å²) in [5.74, 6) is 1.76. The second-order valence-electron chi connectivity index (χ2n) is 6.80. The highest BCUT2D eigenvalue weighted by atomic mass is 16.5. The Kier molecular flexibility index (Phi) is 4.48. The first kappa shape index (κ1) is 16.2. The van der Waals surface area contributed by atoms with Crippen LogP contribution in [0.15, 0.2) is 24.1 Å². The average molecular weight is 344 g/mol. The molecule has 25 heavy (non-hydrogen) atoms. The Labute approximate surface area is 146 Å². The fraction of sp³-hybridized carbons (Fsp3) is 0.556. The molecule has 2 aliphatic rings. The molecular weight excluding hydrogens is 320 g/mol. The summed E-state index contributed by atoms with van der Waals surface area (Å²) in [7, 11) is 1.62. The number of allylic oxidation sites excluding steroid dienone is 1. The standard InChI is InChI=1S/C18H24N4O3/c1-24-16-6-5-15-17(21-16)22(14-3-2-4-14)18(20-15)19-13(10-23)9-12-7-8-25-11-12/h5-6,10,12,14,23H,2-4,7-9,11H2,1H3,(H,19,20). The molecule has 134 valence electrons. The van der Waals surface area contributed by atoms with Crippen molar-refractivity contribution in [2.75, 3.05) is 25.6 Å². The van der Waals surface area contributed by atoms with E-state index in [1.807, 2.05) is 12.1 Å². The molecule has 1 aliphatic carbocycles. The molecule has 1 unspecified atom stereocenters. The monoisotopic (exact) mass is 344 g/mol. The molecule has 2 aromatic rings. The van der Waals surface area contributed by atoms with Gasteiger partial charge in [-0.25, -0.2) is 4.98 Å². The number of imidazole rings is 1. The fourth-order valence-electron chi connectivity index (χ4n) is 3.48. The zero-order valence-corrected chi connectivity index (χ0v) is 14.4. The number of anilines is 1. The normalized spacial score (nSPS) is 21.5. The SMILES string of the molecule is COc1ccc2nc(NC(=CO)CC3CCOC3)n(C3CCC3)c2n1. The number of nitrogens with one attached hydrogen (secondary N) is 1. The largest absolute Gasteiger partial charge is 0.514 e. The fourth-order valence-corrected chi connectivity index (χ4v) is 3.48. The van der Waals surface area contributed by atoms with Crippen LogP contribution in [0.25, 0.3) is 11.2 Å². The molecule has 7 nitrogen and oxygen atoms in total. The molecule has 2 fully saturated rings. The predicted molar refractivity (Wildman–Crippen MR) is 94.8 cm³/mol. The van der Waals surface area contributed by atoms with E-state index in [0.717, 1.165) is 68.0 Å². The average Bonchev–Trinajstić information content (AvgIpc) is 3.21. The van der Waals surface area contributed by atoms with Crippen LogP contribution in [0.2, 0.25) is 0 Å². The quantitative estimate of drug-likeness (QED) is 0.782. The molecule has 0 amide bonds. The number of ether oxygens (including phenoxy) is 2. The van der Waals surface area contributed by atoms with E-state index >= 15 is 0 Å². The highest BCUT2D eigenvalue weighted by molar-refractivity contribution is 5.76. The molecule has 1 saturated heterocycles. The molecule has 3 heterocycles. The third kappa shape index (κ3) is 3.16. The predicted octanol–water partition coefficient (Wildman–Crippen LogP) is 3.40. The van der Waals surface area contributed by atoms with Gasteiger partial charge in [0.1, 0.15) is 5.52 Å². The van der Waals surface area contributed by atoms with Crippen molar-refractivity contribution in [3.8, 4) is 5.88 Å². The number of rotatable bonds is 6. The highest BCUT2D eigenvalue weighted by Gasteiger charge is 2.27. The Morgan fingerprint density at radius 2 is 2.28 bits per heavy atom. The zero-order valence-electron chi connectivity index (χ0n) is 14.4. The lowest BCUT2D eigenvalue weighted by Crippen LogP contribution is -2.20. The molecule has 1 atom stereocenters. The molecular formula is C18H24N4O3. The number of pyridine rings is 1. The van der Waals surface area contributed by atoms with E-state index in [1.165, 1.54) is 6.42 Å². The summed E-state index contributed by atoms with van der Waals surface area (Å²) in [5, 5.41) is 13.0. The topological polar surface area (TPSA) is 81.4 Å². The maximum absolute atomic E-state index is 9.67. The second-order valence-corrected chi connectivity index (χ2v) is 6.80. The Morgan fingerprint density at radius 1 is 1.40 bits per heavy atom. The van der Waals surface area contributed by atoms with Crippen LogP contribution in [0.3, 0.4) is 0 Å². The Balaban J connectivity index is 1.65. The Morgan fingerprint density at radius 3 is 2.92 bits per heavy atom. The van der Waals surface area contributed by atoms with Gasteiger partial charge in [0, 0.05) is 25.3 Å². The van der Waals surface area contributed by atoms with Gasteiger partial charge >= 0.3 is 0 Å². The van der Waals surface area contributed by atoms with Crippen LogP contribution < -0.4 is 10.1 Å². The van der Waals surface area contributed by atoms with Crippen LogP contribution in [-0.4, -0.2) is 40.0 Å². The summed E-state index contributed by atoms with van der Waals surface area (Å²) in [4.78, 5) is 9.29. The van der Waals surface area contributed by atoms with Crippen LogP contribution >= 0.6 is 0 Å². The van der Waals surface area contributed by atoms with Crippen LogP contribution in [0.1, 0.15) is 38.1 Å². The number of methoxy groups -OCH3 is 1. The first-order valence-corrected chi connectivity index (χ1v) is 8.89. The van der Waals surface area contributed by atoms with Crippen LogP contribution in [-0.2, 0) is 4.74 Å². The first-order chi connectivity index (χ1) is 12.3. The first-order valence-electron chi connectivity index (χ1n) is 8.89. The van der Waals surface area contributed by atoms with Gasteiger partial charge in [0.2, 0.25) is 11.8 Å². The summed E-state index contributed by atoms with van der Waals surface area (Å²) in [6, 6.07) is 4.14. The molecule has 2 aromatic heterocycles. The van der Waals surface area contributed by atoms with E-state index in [9.17, 15) is 5.11 Å². The van der Waals surface area contributed by atoms with Gasteiger partial charge < -0.3 is 19.9 Å². The van der Waals surface area contributed by atoms with Crippen molar-refractivity contribution in [3.05, 3.63) is 24.1 Å². The van der Waals surface area contributed by atoms with E-state index in [1.54, 1.807) is 7.11 Å². The van der Waals surface area contributed by atoms with E-state index in [-0.39, 0.29) is 0 Å². The number of aliphatic hydroxyl groups is 1. The van der Waals surface area contributed by atoms with Crippen molar-refractivity contribution in [1.29, 1.82) is 0 Å². The van der Waals surface area contributed by atoms with Gasteiger partial charge in [-0.1, -0.05) is 0 Å². The summed E-state index contributed by atoms with van der Waals surface area (Å²) < 4.78 is 12.9. The van der Waals surface area contributed by atoms with Crippen LogP contribution in [0, 0.1) is 5.92 Å². The van der Waals surface area contributed by atoms with Gasteiger partial charge in [0.15, 0.2) is 5.65 Å². The van der Waals surface area contributed by atoms with Crippen LogP contribution in [0.5, 0.6) is 5.88 Å². The molecule has 0 aromatic carbocycles. The molecule has 4 rings (SSSR count). The number of aromatic nitrogens is 3. The van der Waals surface area contributed by atoms with Crippen molar-refractivity contribution in [2.45, 2.75) is 38.1 Å². The molecule has 2 N–H and O–H groups in total. The van der Waals surface area contributed by atoms with Gasteiger partial charge in [0.25, 0.3) is 0 Å². The lowest BCUT2D eigenvalue weighted by molar-refractivity contribution is 0.185. The molecule has 7 heteroatoms. The van der Waals surface area contributed by atoms with E-state index in [4.69, 9.17) is 14.5 Å². The number of hydrogen-bond donors (Lipinski definition) is 2. The summed E-state index contributed by atoms with van der Waals surface area (Å²) >= 11 is 0. The summed E-state index contributed by atoms with van der Waals surface area (Å²) in [6.07, 6.45) is 6.38. The minimum absolute atomic E-state index is 0.391. The van der Waals surface area contributed by atoms with Crippen molar-refractivity contribution >= 4 is 17.1 Å². The summed E-state index contributed by atoms with van der Waals surface area (Å²) in [5.41, 5.74) is 2.42. The van der Waals surface area contributed by atoms with E-state index in [2.05, 4.69) is 14.9 Å². The van der Waals surface area contributed by atoms with Gasteiger partial charge in [-0.2, -0.15) is 4.98 Å². The maximum Gasteiger partial charge on any atom is 0.215 e. The second kappa shape index (κ2) is 6.92. The third-order valence-electron chi connectivity index (χ3n) is 5.12. The van der Waals surface area contributed by atoms with Crippen molar-refractivity contribution < 1.29 is 14.6 Å². The lowest BCUT2D eigenvalue weighted by atomic mass is 9.93. The Hall–Kier alpha value is -2.28. The minimum Gasteiger partial charge on any atom is -0.514 e. The van der Waals surface area contributed by atoms with Crippen LogP contribution in [0.4, 0.5) is 5.95 Å². The van der Waals surface area contributed by atoms with Gasteiger partial charge in [-0.15, -0.1) is 0 Å². The molecule has 0 spiro atoms. The highest BCUT2D eigenvalue weighted by Crippen LogP contribution is 2.37. The molecule has 0 radical (unpaired) electrons. The molecule has 1 saturated carbocycles. The third-order valence-corrected chi connectivity index (χ3v) is 5.12. The number of fused-ring (bicyclic) bond motifs is 1. The number of nitrogens with zero attached hydrogens (tertiary/aromatic N) is 3. The van der Waals surface area contributed by atoms with Crippen molar-refractivity contribution in [1.82, 2.24) is 14.5 Å². The maximum atomic E-state index is 9.67. The number of aliphatic hydroxyl groups excluding tert-OH is 1. The zero-order chi connectivity index (χ0) is 17.2. The van der Waals surface area contributed by atoms with Crippen molar-refractivity contribution in [3.63, 3.8) is 0 Å². The lowest BCUT2D eigenvalue weighted by Gasteiger charge is -2.29. The van der Waals surface area contributed by atoms with E-state index in [0.29, 0.717) is 17.8 Å². The van der Waals surface area contributed by atoms with E-state index < -0.39 is 0 Å². The Bertz CT molecular complexity index is 776. The number of hydrogen-bond acceptors (Lipinski definition) is 6. The van der Waals surface area contributed by atoms with Gasteiger partial charge in [-0.3, -0.25) is 4.57 Å². The van der Waals surface area contributed by atoms with Gasteiger partial charge in [-0.05, 0) is 44.1 Å². The minimum atomic E-state index is 0.391. The van der Waals surface area contributed by atoms with Crippen molar-refractivity contribution in [2.24, 2.45) is 5.92 Å². The molecule has 0 bridgehead atoms. The smallest absolute Gasteiger partial charge is 0.215 e. The van der Waals surface area contributed by atoms with Gasteiger partial charge in [0.05, 0.1) is 19.1 Å².